The van der Waals surface area contributed by atoms with Crippen LogP contribution in [0.1, 0.15) is 29.7 Å². The monoisotopic (exact) mass is 412 g/mol. The molecule has 2 aromatic carbocycles. The number of fused-ring (bicyclic) bond motifs is 2. The van der Waals surface area contributed by atoms with E-state index >= 15 is 0 Å². The Morgan fingerprint density at radius 2 is 2.00 bits per heavy atom. The van der Waals surface area contributed by atoms with Crippen molar-refractivity contribution in [1.29, 1.82) is 0 Å². The number of aromatic nitrogens is 2. The van der Waals surface area contributed by atoms with Gasteiger partial charge in [-0.15, -0.1) is 0 Å². The SMILES string of the molecule is Cc1[nH]c2ccc(NC(=O)C3CC3)cc2c1CCN(C)Cc1ccnc2ccccc12. The average molecular weight is 413 g/mol. The summed E-state index contributed by atoms with van der Waals surface area (Å²) in [5.41, 5.74) is 6.88. The van der Waals surface area contributed by atoms with Gasteiger partial charge in [-0.05, 0) is 74.7 Å². The molecule has 0 unspecified atom stereocenters. The Labute approximate surface area is 182 Å². The zero-order chi connectivity index (χ0) is 21.4. The number of nitrogens with one attached hydrogen (secondary N) is 2. The topological polar surface area (TPSA) is 61.0 Å². The number of pyridine rings is 1. The fourth-order valence-corrected chi connectivity index (χ4v) is 4.34. The molecule has 1 saturated carbocycles. The first-order valence-electron chi connectivity index (χ1n) is 11.0. The lowest BCUT2D eigenvalue weighted by Crippen LogP contribution is -2.21. The van der Waals surface area contributed by atoms with Crippen LogP contribution >= 0.6 is 0 Å². The van der Waals surface area contributed by atoms with Crippen LogP contribution in [0.3, 0.4) is 0 Å². The molecule has 0 aliphatic heterocycles. The van der Waals surface area contributed by atoms with Crippen LogP contribution in [-0.2, 0) is 17.8 Å². The number of carbonyl (C=O) groups is 1. The van der Waals surface area contributed by atoms with E-state index in [4.69, 9.17) is 0 Å². The lowest BCUT2D eigenvalue weighted by Gasteiger charge is -2.18. The highest BCUT2D eigenvalue weighted by Gasteiger charge is 2.29. The largest absolute Gasteiger partial charge is 0.358 e. The van der Waals surface area contributed by atoms with Gasteiger partial charge in [0.1, 0.15) is 0 Å². The first-order chi connectivity index (χ1) is 15.1. The van der Waals surface area contributed by atoms with Crippen molar-refractivity contribution in [2.75, 3.05) is 18.9 Å². The van der Waals surface area contributed by atoms with Gasteiger partial charge in [0.25, 0.3) is 0 Å². The first kappa shape index (κ1) is 19.8. The molecule has 1 aliphatic carbocycles. The number of rotatable bonds is 7. The summed E-state index contributed by atoms with van der Waals surface area (Å²) in [7, 11) is 2.17. The van der Waals surface area contributed by atoms with Crippen molar-refractivity contribution >= 4 is 33.4 Å². The second kappa shape index (κ2) is 8.16. The molecule has 0 spiro atoms. The van der Waals surface area contributed by atoms with Crippen LogP contribution in [0.5, 0.6) is 0 Å². The lowest BCUT2D eigenvalue weighted by molar-refractivity contribution is -0.117. The minimum atomic E-state index is 0.150. The molecule has 2 aromatic heterocycles. The number of aryl methyl sites for hydroxylation is 1. The van der Waals surface area contributed by atoms with E-state index in [1.807, 2.05) is 18.3 Å². The van der Waals surface area contributed by atoms with Crippen LogP contribution in [0.4, 0.5) is 5.69 Å². The molecule has 5 rings (SSSR count). The van der Waals surface area contributed by atoms with Crippen LogP contribution in [0.15, 0.2) is 54.7 Å². The molecule has 1 fully saturated rings. The fourth-order valence-electron chi connectivity index (χ4n) is 4.34. The summed E-state index contributed by atoms with van der Waals surface area (Å²) in [4.78, 5) is 22.5. The maximum absolute atomic E-state index is 12.2. The zero-order valence-corrected chi connectivity index (χ0v) is 18.1. The number of carbonyl (C=O) groups excluding carboxylic acids is 1. The number of aromatic amines is 1. The molecule has 2 heterocycles. The molecule has 0 radical (unpaired) electrons. The van der Waals surface area contributed by atoms with Gasteiger partial charge in [-0.25, -0.2) is 0 Å². The van der Waals surface area contributed by atoms with Crippen LogP contribution in [0.2, 0.25) is 0 Å². The van der Waals surface area contributed by atoms with Crippen molar-refractivity contribution in [1.82, 2.24) is 14.9 Å². The summed E-state index contributed by atoms with van der Waals surface area (Å²) < 4.78 is 0. The average Bonchev–Trinajstić information content (AvgIpc) is 3.57. The molecule has 5 heteroatoms. The third-order valence-corrected chi connectivity index (χ3v) is 6.26. The van der Waals surface area contributed by atoms with Crippen molar-refractivity contribution in [3.63, 3.8) is 0 Å². The van der Waals surface area contributed by atoms with Crippen molar-refractivity contribution in [3.05, 3.63) is 71.5 Å². The number of likely N-dealkylation sites (N-methyl/N-ethyl adjacent to an activating group) is 1. The number of hydrogen-bond donors (Lipinski definition) is 2. The maximum Gasteiger partial charge on any atom is 0.227 e. The number of nitrogens with zero attached hydrogens (tertiary/aromatic N) is 2. The predicted octanol–water partition coefficient (Wildman–Crippen LogP) is 5.05. The Hall–Kier alpha value is -3.18. The highest BCUT2D eigenvalue weighted by molar-refractivity contribution is 5.97. The normalized spacial score (nSPS) is 13.9. The molecular weight excluding hydrogens is 384 g/mol. The number of para-hydroxylation sites is 1. The van der Waals surface area contributed by atoms with E-state index in [1.165, 1.54) is 27.6 Å². The lowest BCUT2D eigenvalue weighted by atomic mass is 10.1. The molecule has 158 valence electrons. The van der Waals surface area contributed by atoms with E-state index in [1.54, 1.807) is 0 Å². The van der Waals surface area contributed by atoms with Crippen LogP contribution in [0, 0.1) is 12.8 Å². The second-order valence-electron chi connectivity index (χ2n) is 8.73. The number of amides is 1. The van der Waals surface area contributed by atoms with Gasteiger partial charge in [0.2, 0.25) is 5.91 Å². The van der Waals surface area contributed by atoms with E-state index in [2.05, 4.69) is 70.6 Å². The highest BCUT2D eigenvalue weighted by atomic mass is 16.2. The van der Waals surface area contributed by atoms with Crippen LogP contribution < -0.4 is 5.32 Å². The van der Waals surface area contributed by atoms with Crippen molar-refractivity contribution in [3.8, 4) is 0 Å². The third-order valence-electron chi connectivity index (χ3n) is 6.26. The molecule has 1 amide bonds. The number of benzene rings is 2. The fraction of sp³-hybridized carbons (Fsp3) is 0.308. The van der Waals surface area contributed by atoms with Gasteiger partial charge in [0.05, 0.1) is 5.52 Å². The van der Waals surface area contributed by atoms with E-state index in [9.17, 15) is 4.79 Å². The summed E-state index contributed by atoms with van der Waals surface area (Å²) in [6.45, 7) is 3.96. The first-order valence-corrected chi connectivity index (χ1v) is 11.0. The number of hydrogen-bond acceptors (Lipinski definition) is 3. The second-order valence-corrected chi connectivity index (χ2v) is 8.73. The smallest absolute Gasteiger partial charge is 0.227 e. The number of H-pyrrole nitrogens is 1. The van der Waals surface area contributed by atoms with Crippen molar-refractivity contribution in [2.45, 2.75) is 32.7 Å². The Kier molecular flexibility index (Phi) is 5.20. The highest BCUT2D eigenvalue weighted by Crippen LogP contribution is 2.31. The molecule has 4 aromatic rings. The summed E-state index contributed by atoms with van der Waals surface area (Å²) in [5, 5.41) is 5.50. The molecular formula is C26H28N4O. The molecule has 5 nitrogen and oxygen atoms in total. The van der Waals surface area contributed by atoms with Gasteiger partial charge in [0.15, 0.2) is 0 Å². The van der Waals surface area contributed by atoms with Gasteiger partial charge in [-0.2, -0.15) is 0 Å². The Morgan fingerprint density at radius 1 is 1.16 bits per heavy atom. The van der Waals surface area contributed by atoms with Crippen molar-refractivity contribution in [2.24, 2.45) is 5.92 Å². The quantitative estimate of drug-likeness (QED) is 0.447. The summed E-state index contributed by atoms with van der Waals surface area (Å²) in [6, 6.07) is 16.6. The van der Waals surface area contributed by atoms with E-state index in [0.29, 0.717) is 0 Å². The summed E-state index contributed by atoms with van der Waals surface area (Å²) in [6.07, 6.45) is 4.88. The summed E-state index contributed by atoms with van der Waals surface area (Å²) >= 11 is 0. The Morgan fingerprint density at radius 3 is 2.84 bits per heavy atom. The summed E-state index contributed by atoms with van der Waals surface area (Å²) in [5.74, 6) is 0.360. The van der Waals surface area contributed by atoms with E-state index in [0.717, 1.165) is 49.1 Å². The predicted molar refractivity (Wildman–Crippen MR) is 126 cm³/mol. The van der Waals surface area contributed by atoms with Gasteiger partial charge in [0, 0.05) is 52.9 Å². The van der Waals surface area contributed by atoms with Crippen molar-refractivity contribution < 1.29 is 4.79 Å². The van der Waals surface area contributed by atoms with E-state index < -0.39 is 0 Å². The molecule has 2 N–H and O–H groups in total. The van der Waals surface area contributed by atoms with Crippen LogP contribution in [-0.4, -0.2) is 34.4 Å². The maximum atomic E-state index is 12.2. The standard InChI is InChI=1S/C26H28N4O/c1-17-21(23-15-20(9-10-25(23)28-17)29-26(31)18-7-8-18)12-14-30(2)16-19-11-13-27-24-6-4-3-5-22(19)24/h3-6,9-11,13,15,18,28H,7-8,12,14,16H2,1-2H3,(H,29,31). The minimum Gasteiger partial charge on any atom is -0.358 e. The number of anilines is 1. The minimum absolute atomic E-state index is 0.150. The van der Waals surface area contributed by atoms with Gasteiger partial charge in [-0.1, -0.05) is 18.2 Å². The van der Waals surface area contributed by atoms with Gasteiger partial charge < -0.3 is 15.2 Å². The van der Waals surface area contributed by atoms with Crippen LogP contribution in [0.25, 0.3) is 21.8 Å². The molecule has 0 atom stereocenters. The van der Waals surface area contributed by atoms with E-state index in [-0.39, 0.29) is 11.8 Å². The Balaban J connectivity index is 1.31. The third kappa shape index (κ3) is 4.19. The Bertz CT molecular complexity index is 1250. The molecule has 31 heavy (non-hydrogen) atoms. The van der Waals surface area contributed by atoms with Gasteiger partial charge >= 0.3 is 0 Å². The molecule has 0 bridgehead atoms. The van der Waals surface area contributed by atoms with Gasteiger partial charge in [-0.3, -0.25) is 9.78 Å². The molecule has 0 saturated heterocycles. The molecule has 1 aliphatic rings. The zero-order valence-electron chi connectivity index (χ0n) is 18.1.